The Kier molecular flexibility index (Phi) is 13.2. The number of nitrogens with zero attached hydrogens (tertiary/aromatic N) is 2. The van der Waals surface area contributed by atoms with Gasteiger partial charge in [0.2, 0.25) is 17.7 Å². The van der Waals surface area contributed by atoms with Crippen LogP contribution < -0.4 is 11.1 Å². The van der Waals surface area contributed by atoms with Gasteiger partial charge in [-0.2, -0.15) is 0 Å². The van der Waals surface area contributed by atoms with Crippen molar-refractivity contribution in [2.75, 3.05) is 20.6 Å². The van der Waals surface area contributed by atoms with Crippen molar-refractivity contribution in [3.05, 3.63) is 132 Å². The highest BCUT2D eigenvalue weighted by atomic mass is 19.1. The molecular weight excluding hydrogens is 615 g/mol. The van der Waals surface area contributed by atoms with Crippen molar-refractivity contribution in [1.29, 1.82) is 0 Å². The molecular formula is C41H49FN4O3. The van der Waals surface area contributed by atoms with E-state index in [1.807, 2.05) is 86.6 Å². The third kappa shape index (κ3) is 10.3. The number of fused-ring (bicyclic) bond motifs is 1. The van der Waals surface area contributed by atoms with Crippen LogP contribution in [-0.4, -0.2) is 65.8 Å². The molecule has 258 valence electrons. The van der Waals surface area contributed by atoms with Crippen LogP contribution in [0, 0.1) is 5.82 Å². The summed E-state index contributed by atoms with van der Waals surface area (Å²) < 4.78 is 13.8. The van der Waals surface area contributed by atoms with E-state index in [0.717, 1.165) is 34.7 Å². The van der Waals surface area contributed by atoms with Crippen molar-refractivity contribution in [1.82, 2.24) is 15.1 Å². The van der Waals surface area contributed by atoms with E-state index in [9.17, 15) is 18.8 Å². The molecule has 0 aliphatic carbocycles. The molecule has 3 N–H and O–H groups in total. The standard InChI is InChI=1S/C41H49FN4O3/c1-5-41(43,6-2)25-12-17-38(47)45(3)37(29-32-18-21-33-15-10-11-16-34(33)27-32)40(49)46(4)36(28-31-19-22-35(42)23-20-31)39(48)44-26-24-30-13-8-7-9-14-30/h7-23,27,36-37H,5-6,24-26,28-29,43H2,1-4H3,(H,44,48)/t36-,37-/m1/s1. The van der Waals surface area contributed by atoms with Crippen LogP contribution >= 0.6 is 0 Å². The number of likely N-dealkylation sites (N-methyl/N-ethyl adjacent to an activating group) is 2. The lowest BCUT2D eigenvalue weighted by Gasteiger charge is -2.34. The molecule has 2 atom stereocenters. The molecule has 7 nitrogen and oxygen atoms in total. The molecule has 0 bridgehead atoms. The van der Waals surface area contributed by atoms with E-state index in [1.54, 1.807) is 32.3 Å². The van der Waals surface area contributed by atoms with E-state index in [-0.39, 0.29) is 36.4 Å². The van der Waals surface area contributed by atoms with Crippen LogP contribution in [0.5, 0.6) is 0 Å². The molecule has 0 heterocycles. The fraction of sp³-hybridized carbons (Fsp3) is 0.341. The van der Waals surface area contributed by atoms with Crippen LogP contribution in [0.25, 0.3) is 10.8 Å². The maximum Gasteiger partial charge on any atom is 0.246 e. The smallest absolute Gasteiger partial charge is 0.246 e. The first kappa shape index (κ1) is 37.0. The van der Waals surface area contributed by atoms with Gasteiger partial charge in [-0.05, 0) is 71.4 Å². The maximum atomic E-state index is 14.5. The largest absolute Gasteiger partial charge is 0.354 e. The Morgan fingerprint density at radius 3 is 2.06 bits per heavy atom. The quantitative estimate of drug-likeness (QED) is 0.139. The second kappa shape index (κ2) is 17.5. The van der Waals surface area contributed by atoms with Gasteiger partial charge >= 0.3 is 0 Å². The third-order valence-corrected chi connectivity index (χ3v) is 9.55. The average Bonchev–Trinajstić information content (AvgIpc) is 3.12. The monoisotopic (exact) mass is 664 g/mol. The van der Waals surface area contributed by atoms with Gasteiger partial charge in [0.25, 0.3) is 0 Å². The number of amides is 3. The van der Waals surface area contributed by atoms with Gasteiger partial charge in [-0.25, -0.2) is 4.39 Å². The first-order valence-electron chi connectivity index (χ1n) is 17.1. The molecule has 0 spiro atoms. The molecule has 0 aliphatic rings. The summed E-state index contributed by atoms with van der Waals surface area (Å²) in [4.78, 5) is 44.8. The van der Waals surface area contributed by atoms with E-state index < -0.39 is 17.6 Å². The summed E-state index contributed by atoms with van der Waals surface area (Å²) in [6.07, 6.45) is 6.39. The van der Waals surface area contributed by atoms with Gasteiger partial charge in [-0.1, -0.05) is 105 Å². The highest BCUT2D eigenvalue weighted by Gasteiger charge is 2.35. The van der Waals surface area contributed by atoms with E-state index in [2.05, 4.69) is 5.32 Å². The van der Waals surface area contributed by atoms with Crippen molar-refractivity contribution in [3.63, 3.8) is 0 Å². The third-order valence-electron chi connectivity index (χ3n) is 9.55. The van der Waals surface area contributed by atoms with Crippen molar-refractivity contribution >= 4 is 28.5 Å². The lowest BCUT2D eigenvalue weighted by Crippen LogP contribution is -2.56. The van der Waals surface area contributed by atoms with Gasteiger partial charge in [0.1, 0.15) is 17.9 Å². The molecule has 0 fully saturated rings. The molecule has 3 amide bonds. The van der Waals surface area contributed by atoms with E-state index in [1.165, 1.54) is 28.0 Å². The molecule has 4 rings (SSSR count). The zero-order valence-corrected chi connectivity index (χ0v) is 29.1. The number of benzene rings is 4. The molecule has 0 saturated heterocycles. The predicted molar refractivity (Wildman–Crippen MR) is 195 cm³/mol. The highest BCUT2D eigenvalue weighted by molar-refractivity contribution is 5.95. The minimum absolute atomic E-state index is 0.173. The molecule has 0 saturated carbocycles. The van der Waals surface area contributed by atoms with Crippen LogP contribution in [0.3, 0.4) is 0 Å². The summed E-state index contributed by atoms with van der Waals surface area (Å²) >= 11 is 0. The Hall–Kier alpha value is -4.82. The average molecular weight is 665 g/mol. The highest BCUT2D eigenvalue weighted by Crippen LogP contribution is 2.21. The van der Waals surface area contributed by atoms with Gasteiger partial charge in [-0.3, -0.25) is 14.4 Å². The fourth-order valence-corrected chi connectivity index (χ4v) is 5.91. The van der Waals surface area contributed by atoms with Gasteiger partial charge in [0.15, 0.2) is 0 Å². The Morgan fingerprint density at radius 2 is 1.39 bits per heavy atom. The summed E-state index contributed by atoms with van der Waals surface area (Å²) in [5, 5.41) is 5.10. The van der Waals surface area contributed by atoms with Gasteiger partial charge in [0.05, 0.1) is 0 Å². The minimum atomic E-state index is -0.906. The van der Waals surface area contributed by atoms with Crippen molar-refractivity contribution in [2.24, 2.45) is 5.73 Å². The normalized spacial score (nSPS) is 12.9. The molecule has 0 unspecified atom stereocenters. The van der Waals surface area contributed by atoms with Gasteiger partial charge in [0, 0.05) is 39.0 Å². The number of hydrogen-bond acceptors (Lipinski definition) is 4. The lowest BCUT2D eigenvalue weighted by atomic mass is 9.90. The summed E-state index contributed by atoms with van der Waals surface area (Å²) in [7, 11) is 3.22. The zero-order valence-electron chi connectivity index (χ0n) is 29.1. The Bertz CT molecular complexity index is 1720. The second-order valence-electron chi connectivity index (χ2n) is 12.8. The van der Waals surface area contributed by atoms with Crippen LogP contribution in [0.1, 0.15) is 49.8 Å². The summed E-state index contributed by atoms with van der Waals surface area (Å²) in [6.45, 7) is 4.44. The van der Waals surface area contributed by atoms with Crippen LogP contribution in [0.15, 0.2) is 109 Å². The van der Waals surface area contributed by atoms with Crippen molar-refractivity contribution in [2.45, 2.75) is 70.0 Å². The first-order chi connectivity index (χ1) is 23.5. The lowest BCUT2D eigenvalue weighted by molar-refractivity contribution is -0.146. The Morgan fingerprint density at radius 1 is 0.776 bits per heavy atom. The van der Waals surface area contributed by atoms with Gasteiger partial charge < -0.3 is 20.9 Å². The van der Waals surface area contributed by atoms with E-state index in [4.69, 9.17) is 5.73 Å². The number of rotatable bonds is 16. The SMILES string of the molecule is CCC(N)(CC)CC=CC(=O)N(C)[C@H](Cc1ccc2ccccc2c1)C(=O)N(C)[C@H](Cc1ccc(F)cc1)C(=O)NCCc1ccccc1. The van der Waals surface area contributed by atoms with Crippen LogP contribution in [0.4, 0.5) is 4.39 Å². The fourth-order valence-electron chi connectivity index (χ4n) is 5.91. The number of hydrogen-bond donors (Lipinski definition) is 2. The topological polar surface area (TPSA) is 95.7 Å². The molecule has 4 aromatic rings. The van der Waals surface area contributed by atoms with Crippen LogP contribution in [0.2, 0.25) is 0 Å². The number of nitrogens with one attached hydrogen (secondary N) is 1. The zero-order chi connectivity index (χ0) is 35.4. The van der Waals surface area contributed by atoms with Gasteiger partial charge in [-0.15, -0.1) is 0 Å². The molecule has 0 aromatic heterocycles. The van der Waals surface area contributed by atoms with E-state index in [0.29, 0.717) is 24.9 Å². The summed E-state index contributed by atoms with van der Waals surface area (Å²) in [6, 6.07) is 27.9. The molecule has 8 heteroatoms. The number of carbonyl (C=O) groups excluding carboxylic acids is 3. The molecule has 4 aromatic carbocycles. The van der Waals surface area contributed by atoms with Crippen molar-refractivity contribution < 1.29 is 18.8 Å². The molecule has 49 heavy (non-hydrogen) atoms. The number of halogens is 1. The first-order valence-corrected chi connectivity index (χ1v) is 17.1. The van der Waals surface area contributed by atoms with Crippen LogP contribution in [-0.2, 0) is 33.6 Å². The molecule has 0 radical (unpaired) electrons. The summed E-state index contributed by atoms with van der Waals surface area (Å²) in [5.74, 6) is -1.42. The predicted octanol–water partition coefficient (Wildman–Crippen LogP) is 6.24. The number of nitrogens with two attached hydrogens (primary N) is 1. The van der Waals surface area contributed by atoms with E-state index >= 15 is 0 Å². The Balaban J connectivity index is 1.62. The second-order valence-corrected chi connectivity index (χ2v) is 12.8. The number of carbonyl (C=O) groups is 3. The minimum Gasteiger partial charge on any atom is -0.354 e. The summed E-state index contributed by atoms with van der Waals surface area (Å²) in [5.41, 5.74) is 8.73. The Labute approximate surface area is 290 Å². The van der Waals surface area contributed by atoms with Crippen molar-refractivity contribution in [3.8, 4) is 0 Å². The maximum absolute atomic E-state index is 14.5. The molecule has 0 aliphatic heterocycles.